The van der Waals surface area contributed by atoms with Gasteiger partial charge in [0.1, 0.15) is 5.82 Å². The van der Waals surface area contributed by atoms with Crippen LogP contribution in [0.3, 0.4) is 0 Å². The highest BCUT2D eigenvalue weighted by atomic mass is 16.3. The number of para-hydroxylation sites is 1. The fourth-order valence-corrected chi connectivity index (χ4v) is 3.77. The number of rotatable bonds is 4. The molecule has 2 heterocycles. The SMILES string of the molecule is OCc1cc2ccccc2nc1N1CCN(Cc2ccccc2)C[C@@H](O)C1. The highest BCUT2D eigenvalue weighted by Gasteiger charge is 2.24. The molecule has 1 aliphatic heterocycles. The van der Waals surface area contributed by atoms with E-state index in [-0.39, 0.29) is 6.61 Å². The molecule has 4 rings (SSSR count). The minimum atomic E-state index is -0.462. The first-order chi connectivity index (χ1) is 13.2. The van der Waals surface area contributed by atoms with Crippen molar-refractivity contribution in [3.63, 3.8) is 0 Å². The average molecular weight is 363 g/mol. The highest BCUT2D eigenvalue weighted by Crippen LogP contribution is 2.25. The first-order valence-corrected chi connectivity index (χ1v) is 9.42. The molecule has 1 fully saturated rings. The van der Waals surface area contributed by atoms with Crippen LogP contribution in [0.5, 0.6) is 0 Å². The number of pyridine rings is 1. The van der Waals surface area contributed by atoms with E-state index in [2.05, 4.69) is 21.9 Å². The predicted molar refractivity (Wildman–Crippen MR) is 108 cm³/mol. The predicted octanol–water partition coefficient (Wildman–Crippen LogP) is 2.41. The second-order valence-corrected chi connectivity index (χ2v) is 7.14. The fraction of sp³-hybridized carbons (Fsp3) is 0.318. The van der Waals surface area contributed by atoms with Crippen molar-refractivity contribution in [3.8, 4) is 0 Å². The van der Waals surface area contributed by atoms with E-state index in [9.17, 15) is 10.2 Å². The summed E-state index contributed by atoms with van der Waals surface area (Å²) >= 11 is 0. The Morgan fingerprint density at radius 2 is 1.74 bits per heavy atom. The summed E-state index contributed by atoms with van der Waals surface area (Å²) in [5.74, 6) is 0.775. The zero-order chi connectivity index (χ0) is 18.6. The van der Waals surface area contributed by atoms with Crippen LogP contribution in [0.1, 0.15) is 11.1 Å². The Bertz CT molecular complexity index is 900. The van der Waals surface area contributed by atoms with Crippen LogP contribution in [0, 0.1) is 0 Å². The topological polar surface area (TPSA) is 59.8 Å². The Hall–Kier alpha value is -2.47. The van der Waals surface area contributed by atoms with Crippen molar-refractivity contribution in [2.45, 2.75) is 19.3 Å². The molecule has 0 amide bonds. The molecule has 140 valence electrons. The lowest BCUT2D eigenvalue weighted by molar-refractivity contribution is 0.129. The van der Waals surface area contributed by atoms with E-state index in [1.54, 1.807) is 0 Å². The Morgan fingerprint density at radius 1 is 0.963 bits per heavy atom. The van der Waals surface area contributed by atoms with Crippen LogP contribution in [-0.2, 0) is 13.2 Å². The van der Waals surface area contributed by atoms with Gasteiger partial charge in [-0.2, -0.15) is 0 Å². The number of anilines is 1. The standard InChI is InChI=1S/C22H25N3O2/c26-16-19-12-18-8-4-5-9-21(18)23-22(19)25-11-10-24(14-20(27)15-25)13-17-6-2-1-3-7-17/h1-9,12,20,26-27H,10-11,13-16H2/t20-/m1/s1. The number of benzene rings is 2. The molecule has 1 atom stereocenters. The molecule has 0 bridgehead atoms. The molecule has 0 saturated carbocycles. The maximum absolute atomic E-state index is 10.6. The van der Waals surface area contributed by atoms with Gasteiger partial charge in [0.2, 0.25) is 0 Å². The molecule has 5 nitrogen and oxygen atoms in total. The number of hydrogen-bond acceptors (Lipinski definition) is 5. The van der Waals surface area contributed by atoms with Crippen molar-refractivity contribution in [2.75, 3.05) is 31.1 Å². The largest absolute Gasteiger partial charge is 0.392 e. The van der Waals surface area contributed by atoms with E-state index in [1.165, 1.54) is 5.56 Å². The molecule has 27 heavy (non-hydrogen) atoms. The molecule has 1 saturated heterocycles. The van der Waals surface area contributed by atoms with Crippen LogP contribution in [0.15, 0.2) is 60.7 Å². The van der Waals surface area contributed by atoms with Crippen molar-refractivity contribution < 1.29 is 10.2 Å². The molecule has 0 aliphatic carbocycles. The van der Waals surface area contributed by atoms with Gasteiger partial charge in [0.15, 0.2) is 0 Å². The van der Waals surface area contributed by atoms with Crippen LogP contribution in [0.4, 0.5) is 5.82 Å². The number of aliphatic hydroxyl groups excluding tert-OH is 2. The normalized spacial score (nSPS) is 18.6. The summed E-state index contributed by atoms with van der Waals surface area (Å²) in [6.07, 6.45) is -0.462. The van der Waals surface area contributed by atoms with E-state index in [1.807, 2.05) is 48.5 Å². The quantitative estimate of drug-likeness (QED) is 0.745. The lowest BCUT2D eigenvalue weighted by atomic mass is 10.1. The molecule has 2 aromatic carbocycles. The zero-order valence-corrected chi connectivity index (χ0v) is 15.3. The third-order valence-electron chi connectivity index (χ3n) is 5.09. The average Bonchev–Trinajstić information content (AvgIpc) is 2.88. The molecular formula is C22H25N3O2. The second kappa shape index (κ2) is 8.05. The molecule has 3 aromatic rings. The zero-order valence-electron chi connectivity index (χ0n) is 15.3. The third-order valence-corrected chi connectivity index (χ3v) is 5.09. The summed E-state index contributed by atoms with van der Waals surface area (Å²) in [5, 5.41) is 21.4. The van der Waals surface area contributed by atoms with Crippen molar-refractivity contribution in [1.29, 1.82) is 0 Å². The van der Waals surface area contributed by atoms with Crippen LogP contribution in [0.2, 0.25) is 0 Å². The van der Waals surface area contributed by atoms with Gasteiger partial charge in [-0.1, -0.05) is 48.5 Å². The van der Waals surface area contributed by atoms with E-state index >= 15 is 0 Å². The number of aromatic nitrogens is 1. The van der Waals surface area contributed by atoms with E-state index < -0.39 is 6.10 Å². The van der Waals surface area contributed by atoms with Gasteiger partial charge in [-0.25, -0.2) is 4.98 Å². The van der Waals surface area contributed by atoms with Gasteiger partial charge in [0.05, 0.1) is 18.2 Å². The summed E-state index contributed by atoms with van der Waals surface area (Å²) in [7, 11) is 0. The molecule has 1 aromatic heterocycles. The molecule has 0 unspecified atom stereocenters. The van der Waals surface area contributed by atoms with E-state index in [0.29, 0.717) is 13.1 Å². The van der Waals surface area contributed by atoms with Gasteiger partial charge < -0.3 is 15.1 Å². The first-order valence-electron chi connectivity index (χ1n) is 9.42. The Labute approximate surface area is 159 Å². The molecule has 5 heteroatoms. The van der Waals surface area contributed by atoms with E-state index in [4.69, 9.17) is 4.98 Å². The van der Waals surface area contributed by atoms with Crippen molar-refractivity contribution in [3.05, 3.63) is 71.8 Å². The molecular weight excluding hydrogens is 338 g/mol. The number of nitrogens with zero attached hydrogens (tertiary/aromatic N) is 3. The Balaban J connectivity index is 1.57. The molecule has 0 spiro atoms. The maximum atomic E-state index is 10.6. The van der Waals surface area contributed by atoms with Crippen molar-refractivity contribution >= 4 is 16.7 Å². The molecule has 2 N–H and O–H groups in total. The summed E-state index contributed by atoms with van der Waals surface area (Å²) in [4.78, 5) is 9.17. The lowest BCUT2D eigenvalue weighted by Gasteiger charge is -2.25. The number of hydrogen-bond donors (Lipinski definition) is 2. The summed E-state index contributed by atoms with van der Waals surface area (Å²) < 4.78 is 0. The van der Waals surface area contributed by atoms with Gasteiger partial charge in [-0.3, -0.25) is 4.90 Å². The van der Waals surface area contributed by atoms with Gasteiger partial charge in [0.25, 0.3) is 0 Å². The van der Waals surface area contributed by atoms with Crippen molar-refractivity contribution in [1.82, 2.24) is 9.88 Å². The third kappa shape index (κ3) is 4.11. The van der Waals surface area contributed by atoms with Crippen LogP contribution in [0.25, 0.3) is 10.9 Å². The molecule has 0 radical (unpaired) electrons. The van der Waals surface area contributed by atoms with Crippen LogP contribution in [-0.4, -0.2) is 52.4 Å². The first kappa shape index (κ1) is 17.9. The van der Waals surface area contributed by atoms with Crippen molar-refractivity contribution in [2.24, 2.45) is 0 Å². The van der Waals surface area contributed by atoms with Crippen LogP contribution < -0.4 is 4.90 Å². The van der Waals surface area contributed by atoms with Crippen LogP contribution >= 0.6 is 0 Å². The number of fused-ring (bicyclic) bond motifs is 1. The highest BCUT2D eigenvalue weighted by molar-refractivity contribution is 5.81. The van der Waals surface area contributed by atoms with Gasteiger partial charge in [0, 0.05) is 43.7 Å². The maximum Gasteiger partial charge on any atom is 0.134 e. The summed E-state index contributed by atoms with van der Waals surface area (Å²) in [6, 6.07) is 20.3. The monoisotopic (exact) mass is 363 g/mol. The minimum Gasteiger partial charge on any atom is -0.392 e. The van der Waals surface area contributed by atoms with E-state index in [0.717, 1.165) is 41.9 Å². The number of aliphatic hydroxyl groups is 2. The van der Waals surface area contributed by atoms with Gasteiger partial charge in [-0.15, -0.1) is 0 Å². The van der Waals surface area contributed by atoms with Gasteiger partial charge in [-0.05, 0) is 17.7 Å². The summed E-state index contributed by atoms with van der Waals surface area (Å²) in [6.45, 7) is 3.52. The summed E-state index contributed by atoms with van der Waals surface area (Å²) in [5.41, 5.74) is 2.96. The second-order valence-electron chi connectivity index (χ2n) is 7.14. The van der Waals surface area contributed by atoms with Gasteiger partial charge >= 0.3 is 0 Å². The fourth-order valence-electron chi connectivity index (χ4n) is 3.77. The lowest BCUT2D eigenvalue weighted by Crippen LogP contribution is -2.34. The Kier molecular flexibility index (Phi) is 5.34. The number of β-amino-alcohol motifs (C(OH)–C–C–N with tert-alkyl or cyclic N) is 1. The molecule has 1 aliphatic rings. The minimum absolute atomic E-state index is 0.0620. The Morgan fingerprint density at radius 3 is 2.56 bits per heavy atom. The smallest absolute Gasteiger partial charge is 0.134 e.